The first kappa shape index (κ1) is 12.9. The van der Waals surface area contributed by atoms with Crippen LogP contribution in [0.1, 0.15) is 11.1 Å². The molecule has 5 heteroatoms. The van der Waals surface area contributed by atoms with Crippen LogP contribution in [-0.4, -0.2) is 11.0 Å². The van der Waals surface area contributed by atoms with E-state index in [9.17, 15) is 4.39 Å². The second kappa shape index (κ2) is 5.86. The van der Waals surface area contributed by atoms with E-state index in [-0.39, 0.29) is 5.84 Å². The van der Waals surface area contributed by atoms with E-state index in [0.29, 0.717) is 17.7 Å². The molecule has 0 aliphatic rings. The summed E-state index contributed by atoms with van der Waals surface area (Å²) in [4.78, 5) is 0. The first-order chi connectivity index (χ1) is 9.19. The fourth-order valence-electron chi connectivity index (χ4n) is 1.72. The Morgan fingerprint density at radius 3 is 2.63 bits per heavy atom. The lowest BCUT2D eigenvalue weighted by Gasteiger charge is -2.08. The standard InChI is InChI=1S/C14H14FN3O/c15-12-7-10(6-11(8-12)14(16)18-19)9-17-13-4-2-1-3-5-13/h1-8,17,19H,9H2,(H2,16,18). The minimum Gasteiger partial charge on any atom is -0.409 e. The maximum atomic E-state index is 13.4. The molecule has 0 radical (unpaired) electrons. The lowest BCUT2D eigenvalue weighted by molar-refractivity contribution is 0.318. The molecule has 0 amide bonds. The second-order valence-electron chi connectivity index (χ2n) is 4.05. The van der Waals surface area contributed by atoms with Gasteiger partial charge < -0.3 is 16.3 Å². The van der Waals surface area contributed by atoms with E-state index in [1.807, 2.05) is 30.3 Å². The Hall–Kier alpha value is -2.56. The number of hydrogen-bond acceptors (Lipinski definition) is 3. The van der Waals surface area contributed by atoms with Crippen LogP contribution in [0, 0.1) is 5.82 Å². The fourth-order valence-corrected chi connectivity index (χ4v) is 1.72. The van der Waals surface area contributed by atoms with Crippen molar-refractivity contribution in [3.8, 4) is 0 Å². The van der Waals surface area contributed by atoms with Crippen molar-refractivity contribution in [2.45, 2.75) is 6.54 Å². The van der Waals surface area contributed by atoms with E-state index >= 15 is 0 Å². The molecule has 0 atom stereocenters. The molecule has 0 aromatic heterocycles. The second-order valence-corrected chi connectivity index (χ2v) is 4.05. The van der Waals surface area contributed by atoms with Crippen molar-refractivity contribution in [3.63, 3.8) is 0 Å². The number of oxime groups is 1. The summed E-state index contributed by atoms with van der Waals surface area (Å²) in [5, 5.41) is 14.6. The lowest BCUT2D eigenvalue weighted by atomic mass is 10.1. The van der Waals surface area contributed by atoms with E-state index in [1.54, 1.807) is 6.07 Å². The topological polar surface area (TPSA) is 70.6 Å². The average molecular weight is 259 g/mol. The Morgan fingerprint density at radius 2 is 1.95 bits per heavy atom. The number of nitrogens with one attached hydrogen (secondary N) is 1. The van der Waals surface area contributed by atoms with Gasteiger partial charge in [0, 0.05) is 17.8 Å². The molecule has 0 fully saturated rings. The first-order valence-corrected chi connectivity index (χ1v) is 5.75. The van der Waals surface area contributed by atoms with Crippen molar-refractivity contribution >= 4 is 11.5 Å². The highest BCUT2D eigenvalue weighted by Gasteiger charge is 2.04. The van der Waals surface area contributed by atoms with Crippen LogP contribution < -0.4 is 11.1 Å². The molecule has 0 aliphatic heterocycles. The third-order valence-corrected chi connectivity index (χ3v) is 2.63. The van der Waals surface area contributed by atoms with Crippen molar-refractivity contribution in [2.75, 3.05) is 5.32 Å². The molecule has 0 bridgehead atoms. The summed E-state index contributed by atoms with van der Waals surface area (Å²) in [5.74, 6) is -0.533. The summed E-state index contributed by atoms with van der Waals surface area (Å²) < 4.78 is 13.4. The van der Waals surface area contributed by atoms with Gasteiger partial charge >= 0.3 is 0 Å². The first-order valence-electron chi connectivity index (χ1n) is 5.75. The van der Waals surface area contributed by atoms with E-state index in [1.165, 1.54) is 12.1 Å². The molecule has 2 aromatic carbocycles. The Bertz CT molecular complexity index is 584. The summed E-state index contributed by atoms with van der Waals surface area (Å²) in [5.41, 5.74) is 7.46. The van der Waals surface area contributed by atoms with Crippen LogP contribution in [0.15, 0.2) is 53.7 Å². The molecule has 0 heterocycles. The van der Waals surface area contributed by atoms with Crippen LogP contribution in [0.25, 0.3) is 0 Å². The maximum absolute atomic E-state index is 13.4. The quantitative estimate of drug-likeness (QED) is 0.342. The zero-order valence-corrected chi connectivity index (χ0v) is 10.2. The van der Waals surface area contributed by atoms with Gasteiger partial charge in [-0.1, -0.05) is 23.4 Å². The van der Waals surface area contributed by atoms with Gasteiger partial charge in [0.1, 0.15) is 5.82 Å². The van der Waals surface area contributed by atoms with Gasteiger partial charge in [-0.2, -0.15) is 0 Å². The summed E-state index contributed by atoms with van der Waals surface area (Å²) in [6.45, 7) is 0.452. The van der Waals surface area contributed by atoms with Crippen molar-refractivity contribution in [1.82, 2.24) is 0 Å². The van der Waals surface area contributed by atoms with Crippen molar-refractivity contribution < 1.29 is 9.60 Å². The van der Waals surface area contributed by atoms with Crippen molar-refractivity contribution in [2.24, 2.45) is 10.9 Å². The highest BCUT2D eigenvalue weighted by atomic mass is 19.1. The molecule has 0 saturated carbocycles. The third-order valence-electron chi connectivity index (χ3n) is 2.63. The normalized spacial score (nSPS) is 11.3. The Balaban J connectivity index is 2.14. The lowest BCUT2D eigenvalue weighted by Crippen LogP contribution is -2.14. The van der Waals surface area contributed by atoms with E-state index in [4.69, 9.17) is 10.9 Å². The highest BCUT2D eigenvalue weighted by Crippen LogP contribution is 2.12. The van der Waals surface area contributed by atoms with Gasteiger partial charge in [-0.15, -0.1) is 0 Å². The number of rotatable bonds is 4. The minimum atomic E-state index is -0.422. The van der Waals surface area contributed by atoms with Crippen LogP contribution in [0.4, 0.5) is 10.1 Å². The van der Waals surface area contributed by atoms with Crippen LogP contribution in [-0.2, 0) is 6.54 Å². The largest absolute Gasteiger partial charge is 0.409 e. The molecular weight excluding hydrogens is 245 g/mol. The molecule has 98 valence electrons. The van der Waals surface area contributed by atoms with Gasteiger partial charge in [-0.3, -0.25) is 0 Å². The summed E-state index contributed by atoms with van der Waals surface area (Å²) >= 11 is 0. The summed E-state index contributed by atoms with van der Waals surface area (Å²) in [6, 6.07) is 13.9. The molecule has 2 aromatic rings. The van der Waals surface area contributed by atoms with Crippen LogP contribution >= 0.6 is 0 Å². The highest BCUT2D eigenvalue weighted by molar-refractivity contribution is 5.97. The zero-order valence-electron chi connectivity index (χ0n) is 10.2. The van der Waals surface area contributed by atoms with Gasteiger partial charge in [-0.05, 0) is 35.9 Å². The average Bonchev–Trinajstić information content (AvgIpc) is 2.45. The third kappa shape index (κ3) is 3.45. The smallest absolute Gasteiger partial charge is 0.170 e. The summed E-state index contributed by atoms with van der Waals surface area (Å²) in [7, 11) is 0. The number of hydrogen-bond donors (Lipinski definition) is 3. The zero-order chi connectivity index (χ0) is 13.7. The van der Waals surface area contributed by atoms with E-state index < -0.39 is 5.82 Å². The van der Waals surface area contributed by atoms with Gasteiger partial charge in [0.05, 0.1) is 0 Å². The number of halogens is 1. The molecule has 0 unspecified atom stereocenters. The van der Waals surface area contributed by atoms with Crippen LogP contribution in [0.2, 0.25) is 0 Å². The Morgan fingerprint density at radius 1 is 1.21 bits per heavy atom. The molecule has 0 spiro atoms. The van der Waals surface area contributed by atoms with Crippen LogP contribution in [0.5, 0.6) is 0 Å². The number of benzene rings is 2. The molecule has 0 saturated heterocycles. The molecular formula is C14H14FN3O. The maximum Gasteiger partial charge on any atom is 0.170 e. The minimum absolute atomic E-state index is 0.111. The molecule has 2 rings (SSSR count). The number of nitrogens with two attached hydrogens (primary N) is 1. The van der Waals surface area contributed by atoms with Gasteiger partial charge in [-0.25, -0.2) is 4.39 Å². The summed E-state index contributed by atoms with van der Waals surface area (Å²) in [6.07, 6.45) is 0. The van der Waals surface area contributed by atoms with Gasteiger partial charge in [0.2, 0.25) is 0 Å². The number of nitrogens with zero attached hydrogens (tertiary/aromatic N) is 1. The molecule has 4 nitrogen and oxygen atoms in total. The van der Waals surface area contributed by atoms with Crippen LogP contribution in [0.3, 0.4) is 0 Å². The number of anilines is 1. The molecule has 4 N–H and O–H groups in total. The Labute approximate surface area is 110 Å². The van der Waals surface area contributed by atoms with Gasteiger partial charge in [0.25, 0.3) is 0 Å². The van der Waals surface area contributed by atoms with E-state index in [0.717, 1.165) is 5.69 Å². The SMILES string of the molecule is N/C(=N/O)c1cc(F)cc(CNc2ccccc2)c1. The van der Waals surface area contributed by atoms with Crippen molar-refractivity contribution in [1.29, 1.82) is 0 Å². The predicted octanol–water partition coefficient (Wildman–Crippen LogP) is 2.53. The Kier molecular flexibility index (Phi) is 3.97. The van der Waals surface area contributed by atoms with E-state index in [2.05, 4.69) is 10.5 Å². The monoisotopic (exact) mass is 259 g/mol. The molecule has 0 aliphatic carbocycles. The predicted molar refractivity (Wildman–Crippen MR) is 72.7 cm³/mol. The fraction of sp³-hybridized carbons (Fsp3) is 0.0714. The molecule has 19 heavy (non-hydrogen) atoms. The van der Waals surface area contributed by atoms with Crippen molar-refractivity contribution in [3.05, 3.63) is 65.5 Å². The number of para-hydroxylation sites is 1. The number of amidine groups is 1. The van der Waals surface area contributed by atoms with Gasteiger partial charge in [0.15, 0.2) is 5.84 Å².